The number of hydrogen-bond donors (Lipinski definition) is 0. The highest BCUT2D eigenvalue weighted by Gasteiger charge is 2.10. The van der Waals surface area contributed by atoms with Gasteiger partial charge in [-0.25, -0.2) is 4.39 Å². The molecule has 1 heterocycles. The van der Waals surface area contributed by atoms with Gasteiger partial charge in [-0.15, -0.1) is 0 Å². The number of rotatable bonds is 4. The van der Waals surface area contributed by atoms with Gasteiger partial charge in [0.15, 0.2) is 6.61 Å². The Labute approximate surface area is 103 Å². The number of aryl methyl sites for hydroxylation is 1. The van der Waals surface area contributed by atoms with Gasteiger partial charge >= 0.3 is 0 Å². The minimum Gasteiger partial charge on any atom is -0.484 e. The van der Waals surface area contributed by atoms with E-state index in [2.05, 4.69) is 10.1 Å². The van der Waals surface area contributed by atoms with Crippen LogP contribution in [0.15, 0.2) is 22.7 Å². The third-order valence-corrected chi connectivity index (χ3v) is 2.26. The van der Waals surface area contributed by atoms with Crippen molar-refractivity contribution in [2.45, 2.75) is 20.0 Å². The normalized spacial score (nSPS) is 10.1. The topological polar surface area (TPSA) is 71.9 Å². The minimum absolute atomic E-state index is 0.0294. The molecule has 1 aromatic heterocycles. The standard InChI is InChI=1S/C12H10FN3O2/c1-2-12-15-11(16-18-12)7-17-10-5-3-4-9(13)8(10)6-14/h3-5H,2,7H2,1H3. The fraction of sp³-hybridized carbons (Fsp3) is 0.250. The van der Waals surface area contributed by atoms with Crippen LogP contribution in [0.5, 0.6) is 5.75 Å². The molecule has 0 saturated heterocycles. The van der Waals surface area contributed by atoms with Crippen LogP contribution in [0, 0.1) is 17.1 Å². The minimum atomic E-state index is -0.614. The number of benzene rings is 1. The maximum Gasteiger partial charge on any atom is 0.226 e. The van der Waals surface area contributed by atoms with Gasteiger partial charge < -0.3 is 9.26 Å². The molecule has 0 aliphatic carbocycles. The van der Waals surface area contributed by atoms with Crippen LogP contribution >= 0.6 is 0 Å². The summed E-state index contributed by atoms with van der Waals surface area (Å²) in [6.07, 6.45) is 0.635. The largest absolute Gasteiger partial charge is 0.484 e. The summed E-state index contributed by atoms with van der Waals surface area (Å²) in [6.45, 7) is 1.92. The second-order valence-corrected chi connectivity index (χ2v) is 3.47. The van der Waals surface area contributed by atoms with Crippen LogP contribution in [0.25, 0.3) is 0 Å². The number of aromatic nitrogens is 2. The second kappa shape index (κ2) is 5.27. The number of ether oxygens (including phenoxy) is 1. The fourth-order valence-electron chi connectivity index (χ4n) is 1.37. The smallest absolute Gasteiger partial charge is 0.226 e. The van der Waals surface area contributed by atoms with Gasteiger partial charge in [0.1, 0.15) is 23.2 Å². The Kier molecular flexibility index (Phi) is 3.53. The molecule has 0 amide bonds. The van der Waals surface area contributed by atoms with E-state index in [0.29, 0.717) is 18.1 Å². The molecule has 2 rings (SSSR count). The van der Waals surface area contributed by atoms with Crippen molar-refractivity contribution in [3.63, 3.8) is 0 Å². The van der Waals surface area contributed by atoms with Gasteiger partial charge in [-0.05, 0) is 12.1 Å². The highest BCUT2D eigenvalue weighted by atomic mass is 19.1. The van der Waals surface area contributed by atoms with Crippen LogP contribution in [0.3, 0.4) is 0 Å². The summed E-state index contributed by atoms with van der Waals surface area (Å²) in [5, 5.41) is 12.5. The first-order chi connectivity index (χ1) is 8.74. The lowest BCUT2D eigenvalue weighted by molar-refractivity contribution is 0.283. The summed E-state index contributed by atoms with van der Waals surface area (Å²) in [7, 11) is 0. The predicted molar refractivity (Wildman–Crippen MR) is 59.1 cm³/mol. The Morgan fingerprint density at radius 2 is 2.33 bits per heavy atom. The average Bonchev–Trinajstić information content (AvgIpc) is 2.84. The molecule has 92 valence electrons. The van der Waals surface area contributed by atoms with Crippen LogP contribution in [-0.4, -0.2) is 10.1 Å². The van der Waals surface area contributed by atoms with E-state index in [1.54, 1.807) is 6.07 Å². The van der Waals surface area contributed by atoms with Crippen LogP contribution in [-0.2, 0) is 13.0 Å². The highest BCUT2D eigenvalue weighted by molar-refractivity contribution is 5.43. The molecule has 0 atom stereocenters. The lowest BCUT2D eigenvalue weighted by Gasteiger charge is -2.05. The molecule has 1 aromatic carbocycles. The molecular weight excluding hydrogens is 237 g/mol. The summed E-state index contributed by atoms with van der Waals surface area (Å²) in [5.74, 6) is 0.422. The number of hydrogen-bond acceptors (Lipinski definition) is 5. The predicted octanol–water partition coefficient (Wildman–Crippen LogP) is 2.22. The van der Waals surface area contributed by atoms with E-state index in [1.165, 1.54) is 18.2 Å². The van der Waals surface area contributed by atoms with Crippen molar-refractivity contribution in [3.8, 4) is 11.8 Å². The van der Waals surface area contributed by atoms with Crippen molar-refractivity contribution in [1.82, 2.24) is 10.1 Å². The van der Waals surface area contributed by atoms with Crippen molar-refractivity contribution < 1.29 is 13.7 Å². The van der Waals surface area contributed by atoms with Gasteiger partial charge in [0.2, 0.25) is 11.7 Å². The average molecular weight is 247 g/mol. The summed E-state index contributed by atoms with van der Waals surface area (Å²) >= 11 is 0. The van der Waals surface area contributed by atoms with Gasteiger partial charge in [0.05, 0.1) is 0 Å². The van der Waals surface area contributed by atoms with Crippen LogP contribution in [0.4, 0.5) is 4.39 Å². The Bertz CT molecular complexity index is 589. The van der Waals surface area contributed by atoms with Crippen molar-refractivity contribution in [3.05, 3.63) is 41.3 Å². The number of nitrogens with zero attached hydrogens (tertiary/aromatic N) is 3. The Morgan fingerprint density at radius 3 is 3.00 bits per heavy atom. The van der Waals surface area contributed by atoms with Gasteiger partial charge in [-0.2, -0.15) is 10.2 Å². The van der Waals surface area contributed by atoms with E-state index < -0.39 is 5.82 Å². The maximum absolute atomic E-state index is 13.3. The molecule has 18 heavy (non-hydrogen) atoms. The molecule has 0 spiro atoms. The molecule has 0 fully saturated rings. The monoisotopic (exact) mass is 247 g/mol. The first-order valence-electron chi connectivity index (χ1n) is 5.37. The quantitative estimate of drug-likeness (QED) is 0.828. The van der Waals surface area contributed by atoms with Crippen molar-refractivity contribution in [2.24, 2.45) is 0 Å². The molecule has 0 aliphatic rings. The van der Waals surface area contributed by atoms with Gasteiger partial charge in [-0.3, -0.25) is 0 Å². The number of halogens is 1. The SMILES string of the molecule is CCc1nc(COc2cccc(F)c2C#N)no1. The van der Waals surface area contributed by atoms with Crippen LogP contribution in [0.1, 0.15) is 24.2 Å². The lowest BCUT2D eigenvalue weighted by Crippen LogP contribution is -2.00. The molecular formula is C12H10FN3O2. The second-order valence-electron chi connectivity index (χ2n) is 3.47. The zero-order valence-corrected chi connectivity index (χ0v) is 9.68. The zero-order valence-electron chi connectivity index (χ0n) is 9.68. The van der Waals surface area contributed by atoms with Crippen molar-refractivity contribution in [2.75, 3.05) is 0 Å². The molecule has 5 nitrogen and oxygen atoms in total. The molecule has 2 aromatic rings. The van der Waals surface area contributed by atoms with Crippen LogP contribution in [0.2, 0.25) is 0 Å². The number of nitriles is 1. The molecule has 0 unspecified atom stereocenters. The Hall–Kier alpha value is -2.42. The summed E-state index contributed by atoms with van der Waals surface area (Å²) < 4.78 is 23.5. The van der Waals surface area contributed by atoms with Crippen LogP contribution < -0.4 is 4.74 Å². The van der Waals surface area contributed by atoms with Crippen molar-refractivity contribution in [1.29, 1.82) is 5.26 Å². The Morgan fingerprint density at radius 1 is 1.50 bits per heavy atom. The van der Waals surface area contributed by atoms with E-state index in [-0.39, 0.29) is 17.9 Å². The molecule has 0 saturated carbocycles. The van der Waals surface area contributed by atoms with E-state index in [9.17, 15) is 4.39 Å². The summed E-state index contributed by atoms with van der Waals surface area (Å²) in [5.41, 5.74) is -0.128. The van der Waals surface area contributed by atoms with E-state index in [1.807, 2.05) is 6.92 Å². The van der Waals surface area contributed by atoms with E-state index >= 15 is 0 Å². The molecule has 6 heteroatoms. The highest BCUT2D eigenvalue weighted by Crippen LogP contribution is 2.21. The van der Waals surface area contributed by atoms with E-state index in [4.69, 9.17) is 14.5 Å². The van der Waals surface area contributed by atoms with Gasteiger partial charge in [-0.1, -0.05) is 18.1 Å². The molecule has 0 N–H and O–H groups in total. The van der Waals surface area contributed by atoms with E-state index in [0.717, 1.165) is 0 Å². The van der Waals surface area contributed by atoms with Gasteiger partial charge in [0, 0.05) is 6.42 Å². The fourth-order valence-corrected chi connectivity index (χ4v) is 1.37. The first-order valence-corrected chi connectivity index (χ1v) is 5.37. The maximum atomic E-state index is 13.3. The Balaban J connectivity index is 2.11. The third kappa shape index (κ3) is 2.46. The lowest BCUT2D eigenvalue weighted by atomic mass is 10.2. The molecule has 0 radical (unpaired) electrons. The van der Waals surface area contributed by atoms with Crippen molar-refractivity contribution >= 4 is 0 Å². The summed E-state index contributed by atoms with van der Waals surface area (Å²) in [4.78, 5) is 4.04. The van der Waals surface area contributed by atoms with Gasteiger partial charge in [0.25, 0.3) is 0 Å². The first kappa shape index (κ1) is 12.0. The molecule has 0 aliphatic heterocycles. The third-order valence-electron chi connectivity index (χ3n) is 2.26. The summed E-state index contributed by atoms with van der Waals surface area (Å²) in [6, 6.07) is 5.94. The molecule has 0 bridgehead atoms. The zero-order chi connectivity index (χ0) is 13.0.